The fourth-order valence-electron chi connectivity index (χ4n) is 3.71. The molecule has 5 nitrogen and oxygen atoms in total. The summed E-state index contributed by atoms with van der Waals surface area (Å²) in [5, 5.41) is 2.84. The van der Waals surface area contributed by atoms with Gasteiger partial charge in [0.2, 0.25) is 5.91 Å². The number of rotatable bonds is 6. The van der Waals surface area contributed by atoms with E-state index < -0.39 is 0 Å². The Hall–Kier alpha value is -3.12. The number of carbonyl (C=O) groups is 2. The molecule has 0 radical (unpaired) electrons. The maximum atomic E-state index is 13.1. The summed E-state index contributed by atoms with van der Waals surface area (Å²) >= 11 is 1.53. The smallest absolute Gasteiger partial charge is 0.264 e. The van der Waals surface area contributed by atoms with E-state index in [2.05, 4.69) is 23.5 Å². The van der Waals surface area contributed by atoms with E-state index in [-0.39, 0.29) is 18.4 Å². The van der Waals surface area contributed by atoms with Gasteiger partial charge in [-0.05, 0) is 66.8 Å². The van der Waals surface area contributed by atoms with Gasteiger partial charge in [0, 0.05) is 17.1 Å². The lowest BCUT2D eigenvalue weighted by Crippen LogP contribution is -2.37. The maximum absolute atomic E-state index is 13.1. The van der Waals surface area contributed by atoms with Crippen LogP contribution >= 0.6 is 11.3 Å². The Kier molecular flexibility index (Phi) is 5.86. The first-order valence-corrected chi connectivity index (χ1v) is 10.8. The van der Waals surface area contributed by atoms with Gasteiger partial charge in [0.25, 0.3) is 5.91 Å². The predicted molar refractivity (Wildman–Crippen MR) is 120 cm³/mol. The van der Waals surface area contributed by atoms with Crippen LogP contribution in [0.2, 0.25) is 0 Å². The Labute approximate surface area is 180 Å². The predicted octanol–water partition coefficient (Wildman–Crippen LogP) is 4.62. The van der Waals surface area contributed by atoms with Gasteiger partial charge in [0.05, 0.1) is 12.0 Å². The van der Waals surface area contributed by atoms with E-state index in [1.54, 1.807) is 36.3 Å². The number of hydrogen-bond acceptors (Lipinski definition) is 4. The third-order valence-corrected chi connectivity index (χ3v) is 6.52. The van der Waals surface area contributed by atoms with Crippen molar-refractivity contribution in [3.05, 3.63) is 70.6 Å². The van der Waals surface area contributed by atoms with Crippen molar-refractivity contribution in [2.75, 3.05) is 25.5 Å². The number of likely N-dealkylation sites (N-methyl/N-ethyl adjacent to an activating group) is 1. The fourth-order valence-corrected chi connectivity index (χ4v) is 4.95. The summed E-state index contributed by atoms with van der Waals surface area (Å²) in [5.41, 5.74) is 4.45. The zero-order valence-electron chi connectivity index (χ0n) is 17.1. The van der Waals surface area contributed by atoms with Crippen molar-refractivity contribution >= 4 is 28.8 Å². The van der Waals surface area contributed by atoms with E-state index in [1.807, 2.05) is 19.1 Å². The molecule has 2 aromatic carbocycles. The van der Waals surface area contributed by atoms with Gasteiger partial charge >= 0.3 is 0 Å². The average molecular weight is 421 g/mol. The molecule has 2 amide bonds. The molecule has 154 valence electrons. The Bertz CT molecular complexity index is 1070. The molecule has 1 aliphatic rings. The molecule has 6 heteroatoms. The minimum atomic E-state index is -0.220. The van der Waals surface area contributed by atoms with Crippen LogP contribution in [-0.2, 0) is 17.6 Å². The van der Waals surface area contributed by atoms with Gasteiger partial charge in [-0.15, -0.1) is 11.3 Å². The Balaban J connectivity index is 1.47. The zero-order chi connectivity index (χ0) is 21.1. The summed E-state index contributed by atoms with van der Waals surface area (Å²) in [6, 6.07) is 17.5. The second kappa shape index (κ2) is 8.71. The summed E-state index contributed by atoms with van der Waals surface area (Å²) in [6.45, 7) is 2.37. The van der Waals surface area contributed by atoms with Gasteiger partial charge in [-0.25, -0.2) is 0 Å². The monoisotopic (exact) mass is 420 g/mol. The van der Waals surface area contributed by atoms with Crippen LogP contribution in [-0.4, -0.2) is 36.9 Å². The number of amides is 2. The van der Waals surface area contributed by atoms with Crippen molar-refractivity contribution < 1.29 is 14.3 Å². The van der Waals surface area contributed by atoms with Gasteiger partial charge in [0.1, 0.15) is 12.3 Å². The van der Waals surface area contributed by atoms with Crippen LogP contribution in [0.4, 0.5) is 5.69 Å². The lowest BCUT2D eigenvalue weighted by molar-refractivity contribution is -0.116. The molecule has 1 N–H and O–H groups in total. The van der Waals surface area contributed by atoms with Gasteiger partial charge in [0.15, 0.2) is 0 Å². The van der Waals surface area contributed by atoms with E-state index in [0.717, 1.165) is 18.6 Å². The fraction of sp³-hybridized carbons (Fsp3) is 0.250. The van der Waals surface area contributed by atoms with Crippen LogP contribution in [0.5, 0.6) is 5.75 Å². The molecule has 4 rings (SSSR count). The highest BCUT2D eigenvalue weighted by Crippen LogP contribution is 2.39. The highest BCUT2D eigenvalue weighted by Gasteiger charge is 2.24. The van der Waals surface area contributed by atoms with E-state index >= 15 is 0 Å². The Morgan fingerprint density at radius 1 is 1.07 bits per heavy atom. The molecule has 1 heterocycles. The van der Waals surface area contributed by atoms with Crippen molar-refractivity contribution in [3.8, 4) is 16.2 Å². The number of thiophene rings is 1. The number of nitrogens with one attached hydrogen (secondary N) is 1. The molecule has 0 fully saturated rings. The number of fused-ring (bicyclic) bond motifs is 3. The first kappa shape index (κ1) is 20.2. The average Bonchev–Trinajstić information content (AvgIpc) is 3.22. The van der Waals surface area contributed by atoms with Gasteiger partial charge in [-0.3, -0.25) is 9.59 Å². The lowest BCUT2D eigenvalue weighted by atomic mass is 9.91. The van der Waals surface area contributed by atoms with Crippen molar-refractivity contribution in [1.29, 1.82) is 0 Å². The first-order chi connectivity index (χ1) is 14.6. The van der Waals surface area contributed by atoms with Crippen molar-refractivity contribution in [1.82, 2.24) is 4.90 Å². The highest BCUT2D eigenvalue weighted by atomic mass is 32.1. The molecule has 0 saturated carbocycles. The highest BCUT2D eigenvalue weighted by molar-refractivity contribution is 7.17. The van der Waals surface area contributed by atoms with Crippen LogP contribution in [0.1, 0.15) is 27.7 Å². The second-order valence-electron chi connectivity index (χ2n) is 7.22. The van der Waals surface area contributed by atoms with Crippen molar-refractivity contribution in [2.45, 2.75) is 19.8 Å². The normalized spacial score (nSPS) is 11.9. The standard InChI is InChI=1S/C24H24N2O3S/c1-3-26(15-22(27)25-18-10-12-19(29-2)13-11-18)24(28)21-14-17-9-8-16-6-4-5-7-20(16)23(17)30-21/h4-7,10-14H,3,8-9,15H2,1-2H3,(H,25,27). The Morgan fingerprint density at radius 3 is 2.53 bits per heavy atom. The number of ether oxygens (including phenoxy) is 1. The molecular weight excluding hydrogens is 396 g/mol. The minimum Gasteiger partial charge on any atom is -0.497 e. The van der Waals surface area contributed by atoms with Gasteiger partial charge in [-0.1, -0.05) is 24.3 Å². The topological polar surface area (TPSA) is 58.6 Å². The molecule has 0 spiro atoms. The second-order valence-corrected chi connectivity index (χ2v) is 8.27. The van der Waals surface area contributed by atoms with Crippen molar-refractivity contribution in [2.24, 2.45) is 0 Å². The minimum absolute atomic E-state index is 0.0144. The number of methoxy groups -OCH3 is 1. The molecule has 1 aliphatic carbocycles. The number of carbonyl (C=O) groups excluding carboxylic acids is 2. The largest absolute Gasteiger partial charge is 0.497 e. The molecule has 3 aromatic rings. The number of aryl methyl sites for hydroxylation is 2. The molecule has 0 saturated heterocycles. The summed E-state index contributed by atoms with van der Waals surface area (Å²) in [5.74, 6) is 0.405. The SMILES string of the molecule is CCN(CC(=O)Nc1ccc(OC)cc1)C(=O)c1cc2c(s1)-c1ccccc1CC2. The Morgan fingerprint density at radius 2 is 1.80 bits per heavy atom. The van der Waals surface area contributed by atoms with Gasteiger partial charge in [-0.2, -0.15) is 0 Å². The number of anilines is 1. The summed E-state index contributed by atoms with van der Waals surface area (Å²) in [4.78, 5) is 29.1. The number of hydrogen-bond donors (Lipinski definition) is 1. The van der Waals surface area contributed by atoms with E-state index in [4.69, 9.17) is 4.74 Å². The summed E-state index contributed by atoms with van der Waals surface area (Å²) in [7, 11) is 1.60. The van der Waals surface area contributed by atoms with Crippen molar-refractivity contribution in [3.63, 3.8) is 0 Å². The third-order valence-electron chi connectivity index (χ3n) is 5.32. The molecular formula is C24H24N2O3S. The zero-order valence-corrected chi connectivity index (χ0v) is 17.9. The van der Waals surface area contributed by atoms with Crippen LogP contribution < -0.4 is 10.1 Å². The molecule has 0 bridgehead atoms. The van der Waals surface area contributed by atoms with E-state index in [0.29, 0.717) is 17.1 Å². The maximum Gasteiger partial charge on any atom is 0.264 e. The summed E-state index contributed by atoms with van der Waals surface area (Å²) in [6.07, 6.45) is 1.94. The molecule has 0 unspecified atom stereocenters. The summed E-state index contributed by atoms with van der Waals surface area (Å²) < 4.78 is 5.13. The van der Waals surface area contributed by atoms with Crippen LogP contribution in [0, 0.1) is 0 Å². The first-order valence-electron chi connectivity index (χ1n) is 10.0. The van der Waals surface area contributed by atoms with E-state index in [9.17, 15) is 9.59 Å². The third kappa shape index (κ3) is 4.09. The van der Waals surface area contributed by atoms with E-state index in [1.165, 1.54) is 32.9 Å². The number of benzene rings is 2. The molecule has 0 aliphatic heterocycles. The molecule has 0 atom stereocenters. The van der Waals surface area contributed by atoms with Crippen LogP contribution in [0.25, 0.3) is 10.4 Å². The molecule has 30 heavy (non-hydrogen) atoms. The van der Waals surface area contributed by atoms with Gasteiger partial charge < -0.3 is 15.0 Å². The lowest BCUT2D eigenvalue weighted by Gasteiger charge is -2.19. The number of nitrogens with zero attached hydrogens (tertiary/aromatic N) is 1. The van der Waals surface area contributed by atoms with Crippen LogP contribution in [0.15, 0.2) is 54.6 Å². The molecule has 1 aromatic heterocycles. The quantitative estimate of drug-likeness (QED) is 0.633. The van der Waals surface area contributed by atoms with Crippen LogP contribution in [0.3, 0.4) is 0 Å².